The fraction of sp³-hybridized carbons (Fsp3) is 0.571. The van der Waals surface area contributed by atoms with E-state index >= 15 is 0 Å². The van der Waals surface area contributed by atoms with Gasteiger partial charge in [-0.05, 0) is 52.4 Å². The van der Waals surface area contributed by atoms with E-state index in [-0.39, 0.29) is 5.41 Å². The van der Waals surface area contributed by atoms with Gasteiger partial charge in [0.25, 0.3) is 0 Å². The van der Waals surface area contributed by atoms with Crippen molar-refractivity contribution in [2.45, 2.75) is 32.3 Å². The number of halogens is 2. The van der Waals surface area contributed by atoms with Crippen LogP contribution in [0.2, 0.25) is 5.02 Å². The highest BCUT2D eigenvalue weighted by atomic mass is 79.9. The Morgan fingerprint density at radius 1 is 1.61 bits per heavy atom. The molecule has 2 rings (SSSR count). The smallest absolute Gasteiger partial charge is 0.0858 e. The minimum absolute atomic E-state index is 0.184. The minimum Gasteiger partial charge on any atom is -0.388 e. The van der Waals surface area contributed by atoms with E-state index < -0.39 is 6.10 Å². The number of aliphatic hydroxyl groups excluding tert-OH is 1. The zero-order chi connectivity index (χ0) is 13.3. The first-order chi connectivity index (χ1) is 8.48. The summed E-state index contributed by atoms with van der Waals surface area (Å²) in [7, 11) is 0. The quantitative estimate of drug-likeness (QED) is 0.882. The second-order valence-corrected chi connectivity index (χ2v) is 6.75. The van der Waals surface area contributed by atoms with Crippen LogP contribution in [0, 0.1) is 11.3 Å². The molecule has 1 aromatic rings. The molecule has 2 nitrogen and oxygen atoms in total. The summed E-state index contributed by atoms with van der Waals surface area (Å²) >= 11 is 9.46. The topological polar surface area (TPSA) is 46.2 Å². The van der Waals surface area contributed by atoms with Crippen molar-refractivity contribution in [2.75, 3.05) is 6.54 Å². The van der Waals surface area contributed by atoms with Gasteiger partial charge in [0.05, 0.1) is 11.1 Å². The predicted octanol–water partition coefficient (Wildman–Crippen LogP) is 3.90. The molecule has 3 unspecified atom stereocenters. The average molecular weight is 333 g/mol. The Kier molecular flexibility index (Phi) is 4.37. The Morgan fingerprint density at radius 2 is 2.33 bits per heavy atom. The molecule has 1 fully saturated rings. The first-order valence-electron chi connectivity index (χ1n) is 6.31. The van der Waals surface area contributed by atoms with Gasteiger partial charge in [-0.25, -0.2) is 0 Å². The lowest BCUT2D eigenvalue weighted by Crippen LogP contribution is -2.34. The maximum atomic E-state index is 10.6. The van der Waals surface area contributed by atoms with E-state index in [0.717, 1.165) is 29.3 Å². The summed E-state index contributed by atoms with van der Waals surface area (Å²) in [5, 5.41) is 11.3. The molecule has 18 heavy (non-hydrogen) atoms. The number of nitrogens with two attached hydrogens (primary N) is 1. The van der Waals surface area contributed by atoms with Gasteiger partial charge in [-0.15, -0.1) is 0 Å². The summed E-state index contributed by atoms with van der Waals surface area (Å²) in [4.78, 5) is 0. The maximum Gasteiger partial charge on any atom is 0.0858 e. The van der Waals surface area contributed by atoms with E-state index in [2.05, 4.69) is 22.9 Å². The lowest BCUT2D eigenvalue weighted by Gasteiger charge is -2.33. The van der Waals surface area contributed by atoms with Crippen molar-refractivity contribution in [3.63, 3.8) is 0 Å². The molecule has 0 spiro atoms. The molecule has 0 radical (unpaired) electrons. The third-order valence-corrected chi connectivity index (χ3v) is 5.37. The standard InChI is InChI=1S/C14H19BrClNO/c1-9-4-5-14(7-9,8-17)13(18)10-2-3-11(15)12(16)6-10/h2-3,6,9,13,18H,4-5,7-8,17H2,1H3. The first kappa shape index (κ1) is 14.3. The Hall–Kier alpha value is -0.0900. The molecule has 0 amide bonds. The fourth-order valence-corrected chi connectivity index (χ4v) is 3.45. The summed E-state index contributed by atoms with van der Waals surface area (Å²) < 4.78 is 0.849. The van der Waals surface area contributed by atoms with Crippen LogP contribution in [0.3, 0.4) is 0 Å². The average Bonchev–Trinajstić information content (AvgIpc) is 2.75. The number of hydrogen-bond acceptors (Lipinski definition) is 2. The molecule has 1 aliphatic carbocycles. The third kappa shape index (κ3) is 2.60. The Balaban J connectivity index is 2.29. The van der Waals surface area contributed by atoms with Crippen molar-refractivity contribution >= 4 is 27.5 Å². The zero-order valence-electron chi connectivity index (χ0n) is 10.5. The van der Waals surface area contributed by atoms with Crippen LogP contribution in [-0.2, 0) is 0 Å². The Morgan fingerprint density at radius 3 is 2.83 bits per heavy atom. The van der Waals surface area contributed by atoms with Crippen molar-refractivity contribution in [1.82, 2.24) is 0 Å². The van der Waals surface area contributed by atoms with E-state index in [1.807, 2.05) is 18.2 Å². The van der Waals surface area contributed by atoms with Crippen LogP contribution in [0.5, 0.6) is 0 Å². The highest BCUT2D eigenvalue weighted by molar-refractivity contribution is 9.10. The van der Waals surface area contributed by atoms with Gasteiger partial charge in [0.15, 0.2) is 0 Å². The molecular weight excluding hydrogens is 314 g/mol. The van der Waals surface area contributed by atoms with E-state index in [1.165, 1.54) is 0 Å². The lowest BCUT2D eigenvalue weighted by atomic mass is 9.77. The van der Waals surface area contributed by atoms with E-state index in [4.69, 9.17) is 17.3 Å². The van der Waals surface area contributed by atoms with Gasteiger partial charge in [0.2, 0.25) is 0 Å². The second kappa shape index (κ2) is 5.49. The molecule has 0 aliphatic heterocycles. The molecule has 0 saturated heterocycles. The number of benzene rings is 1. The van der Waals surface area contributed by atoms with Gasteiger partial charge in [-0.1, -0.05) is 31.0 Å². The molecule has 1 aromatic carbocycles. The monoisotopic (exact) mass is 331 g/mol. The van der Waals surface area contributed by atoms with Crippen molar-refractivity contribution in [3.05, 3.63) is 33.3 Å². The van der Waals surface area contributed by atoms with Gasteiger partial charge in [-0.3, -0.25) is 0 Å². The van der Waals surface area contributed by atoms with Crippen molar-refractivity contribution in [3.8, 4) is 0 Å². The predicted molar refractivity (Wildman–Crippen MR) is 78.6 cm³/mol. The van der Waals surface area contributed by atoms with Crippen LogP contribution < -0.4 is 5.73 Å². The van der Waals surface area contributed by atoms with E-state index in [9.17, 15) is 5.11 Å². The zero-order valence-corrected chi connectivity index (χ0v) is 12.8. The molecular formula is C14H19BrClNO. The molecule has 1 aliphatic rings. The van der Waals surface area contributed by atoms with Crippen molar-refractivity contribution in [2.24, 2.45) is 17.1 Å². The molecule has 100 valence electrons. The molecule has 1 saturated carbocycles. The van der Waals surface area contributed by atoms with Gasteiger partial charge >= 0.3 is 0 Å². The summed E-state index contributed by atoms with van der Waals surface area (Å²) in [5.41, 5.74) is 6.61. The van der Waals surface area contributed by atoms with Crippen molar-refractivity contribution < 1.29 is 5.11 Å². The molecule has 0 heterocycles. The van der Waals surface area contributed by atoms with Crippen LogP contribution in [0.1, 0.15) is 37.9 Å². The molecule has 0 bridgehead atoms. The van der Waals surface area contributed by atoms with Crippen molar-refractivity contribution in [1.29, 1.82) is 0 Å². The summed E-state index contributed by atoms with van der Waals surface area (Å²) in [6.45, 7) is 2.74. The first-order valence-corrected chi connectivity index (χ1v) is 7.49. The molecule has 4 heteroatoms. The Labute approximate surface area is 122 Å². The van der Waals surface area contributed by atoms with E-state index in [0.29, 0.717) is 17.5 Å². The highest BCUT2D eigenvalue weighted by Gasteiger charge is 2.42. The lowest BCUT2D eigenvalue weighted by molar-refractivity contribution is 0.0308. The maximum absolute atomic E-state index is 10.6. The largest absolute Gasteiger partial charge is 0.388 e. The van der Waals surface area contributed by atoms with E-state index in [1.54, 1.807) is 0 Å². The van der Waals surface area contributed by atoms with Crippen LogP contribution in [-0.4, -0.2) is 11.7 Å². The van der Waals surface area contributed by atoms with Gasteiger partial charge < -0.3 is 10.8 Å². The third-order valence-electron chi connectivity index (χ3n) is 4.14. The fourth-order valence-electron chi connectivity index (χ4n) is 3.01. The Bertz CT molecular complexity index is 440. The SMILES string of the molecule is CC1CCC(CN)(C(O)c2ccc(Br)c(Cl)c2)C1. The summed E-state index contributed by atoms with van der Waals surface area (Å²) in [5.74, 6) is 0.633. The van der Waals surface area contributed by atoms with Crippen LogP contribution in [0.25, 0.3) is 0 Å². The van der Waals surface area contributed by atoms with Gasteiger partial charge in [-0.2, -0.15) is 0 Å². The van der Waals surface area contributed by atoms with Crippen LogP contribution in [0.15, 0.2) is 22.7 Å². The van der Waals surface area contributed by atoms with Gasteiger partial charge in [0.1, 0.15) is 0 Å². The molecule has 3 N–H and O–H groups in total. The normalized spacial score (nSPS) is 29.5. The summed E-state index contributed by atoms with van der Waals surface area (Å²) in [6, 6.07) is 5.63. The number of hydrogen-bond donors (Lipinski definition) is 2. The number of aliphatic hydroxyl groups is 1. The van der Waals surface area contributed by atoms with Crippen LogP contribution >= 0.6 is 27.5 Å². The molecule has 3 atom stereocenters. The second-order valence-electron chi connectivity index (χ2n) is 5.49. The number of rotatable bonds is 3. The minimum atomic E-state index is -0.530. The summed E-state index contributed by atoms with van der Waals surface area (Å²) in [6.07, 6.45) is 2.58. The van der Waals surface area contributed by atoms with Crippen LogP contribution in [0.4, 0.5) is 0 Å². The molecule has 0 aromatic heterocycles. The van der Waals surface area contributed by atoms with Gasteiger partial charge in [0, 0.05) is 16.4 Å². The highest BCUT2D eigenvalue weighted by Crippen LogP contribution is 2.49.